The molecule has 2 aromatic rings. The summed E-state index contributed by atoms with van der Waals surface area (Å²) in [6.07, 6.45) is 1.02. The molecule has 0 atom stereocenters. The van der Waals surface area contributed by atoms with Gasteiger partial charge in [0.15, 0.2) is 0 Å². The number of rotatable bonds is 3. The highest BCUT2D eigenvalue weighted by Crippen LogP contribution is 2.29. The third-order valence-corrected chi connectivity index (χ3v) is 3.80. The van der Waals surface area contributed by atoms with Gasteiger partial charge in [-0.1, -0.05) is 6.07 Å². The fourth-order valence-electron chi connectivity index (χ4n) is 2.61. The molecule has 1 aliphatic heterocycles. The van der Waals surface area contributed by atoms with E-state index in [9.17, 15) is 4.79 Å². The Morgan fingerprint density at radius 2 is 2.10 bits per heavy atom. The van der Waals surface area contributed by atoms with E-state index in [1.54, 1.807) is 19.2 Å². The highest BCUT2D eigenvalue weighted by atomic mass is 16.5. The smallest absolute Gasteiger partial charge is 0.255 e. The number of hydrogen-bond donors (Lipinski definition) is 1. The number of nitrogens with one attached hydrogen (secondary N) is 1. The van der Waals surface area contributed by atoms with E-state index >= 15 is 0 Å². The molecule has 108 valence electrons. The molecule has 4 heteroatoms. The van der Waals surface area contributed by atoms with Crippen LogP contribution < -0.4 is 15.0 Å². The highest BCUT2D eigenvalue weighted by Gasteiger charge is 2.16. The van der Waals surface area contributed by atoms with Gasteiger partial charge in [-0.25, -0.2) is 0 Å². The van der Waals surface area contributed by atoms with Crippen molar-refractivity contribution in [3.63, 3.8) is 0 Å². The lowest BCUT2D eigenvalue weighted by Gasteiger charge is -2.12. The normalized spacial score (nSPS) is 13.0. The zero-order chi connectivity index (χ0) is 14.8. The van der Waals surface area contributed by atoms with Crippen LogP contribution >= 0.6 is 0 Å². The van der Waals surface area contributed by atoms with Gasteiger partial charge < -0.3 is 15.0 Å². The fraction of sp³-hybridized carbons (Fsp3) is 0.235. The molecule has 1 N–H and O–H groups in total. The minimum absolute atomic E-state index is 0.125. The fourth-order valence-corrected chi connectivity index (χ4v) is 2.61. The van der Waals surface area contributed by atoms with E-state index in [1.807, 2.05) is 18.2 Å². The second kappa shape index (κ2) is 5.48. The Bertz CT molecular complexity index is 682. The van der Waals surface area contributed by atoms with Gasteiger partial charge in [-0.05, 0) is 48.4 Å². The molecule has 2 aromatic carbocycles. The molecule has 0 spiro atoms. The standard InChI is InChI=1S/C17H18N2O2/c1-19-9-8-12-10-14(6-7-16(12)19)18-17(20)13-4-3-5-15(11-13)21-2/h3-7,10-11H,8-9H2,1-2H3,(H,18,20). The Morgan fingerprint density at radius 3 is 2.90 bits per heavy atom. The van der Waals surface area contributed by atoms with Crippen molar-refractivity contribution in [1.29, 1.82) is 0 Å². The van der Waals surface area contributed by atoms with E-state index in [1.165, 1.54) is 11.3 Å². The largest absolute Gasteiger partial charge is 0.497 e. The summed E-state index contributed by atoms with van der Waals surface area (Å²) in [4.78, 5) is 14.5. The first-order valence-corrected chi connectivity index (χ1v) is 6.97. The Balaban J connectivity index is 1.78. The molecule has 0 radical (unpaired) electrons. The second-order valence-corrected chi connectivity index (χ2v) is 5.20. The number of methoxy groups -OCH3 is 1. The first-order valence-electron chi connectivity index (χ1n) is 6.97. The lowest BCUT2D eigenvalue weighted by Crippen LogP contribution is -2.13. The lowest BCUT2D eigenvalue weighted by atomic mass is 10.1. The Kier molecular flexibility index (Phi) is 3.52. The zero-order valence-electron chi connectivity index (χ0n) is 12.2. The van der Waals surface area contributed by atoms with Gasteiger partial charge in [0.2, 0.25) is 0 Å². The molecular formula is C17H18N2O2. The third-order valence-electron chi connectivity index (χ3n) is 3.80. The van der Waals surface area contributed by atoms with Crippen LogP contribution in [0.4, 0.5) is 11.4 Å². The molecule has 0 saturated heterocycles. The molecule has 4 nitrogen and oxygen atoms in total. The summed E-state index contributed by atoms with van der Waals surface area (Å²) in [5, 5.41) is 2.94. The molecule has 1 amide bonds. The maximum absolute atomic E-state index is 12.3. The van der Waals surface area contributed by atoms with E-state index in [-0.39, 0.29) is 5.91 Å². The number of anilines is 2. The number of likely N-dealkylation sites (N-methyl/N-ethyl adjacent to an activating group) is 1. The Labute approximate surface area is 124 Å². The van der Waals surface area contributed by atoms with E-state index in [4.69, 9.17) is 4.74 Å². The number of carbonyl (C=O) groups excluding carboxylic acids is 1. The zero-order valence-corrected chi connectivity index (χ0v) is 12.2. The van der Waals surface area contributed by atoms with Crippen LogP contribution in [-0.2, 0) is 6.42 Å². The number of amides is 1. The molecule has 1 heterocycles. The van der Waals surface area contributed by atoms with Gasteiger partial charge in [-0.3, -0.25) is 4.79 Å². The number of ether oxygens (including phenoxy) is 1. The molecule has 0 fully saturated rings. The van der Waals surface area contributed by atoms with Gasteiger partial charge in [-0.15, -0.1) is 0 Å². The topological polar surface area (TPSA) is 41.6 Å². The third kappa shape index (κ3) is 2.70. The predicted octanol–water partition coefficient (Wildman–Crippen LogP) is 2.94. The van der Waals surface area contributed by atoms with Gasteiger partial charge >= 0.3 is 0 Å². The predicted molar refractivity (Wildman–Crippen MR) is 84.4 cm³/mol. The highest BCUT2D eigenvalue weighted by molar-refractivity contribution is 6.04. The van der Waals surface area contributed by atoms with Gasteiger partial charge in [-0.2, -0.15) is 0 Å². The van der Waals surface area contributed by atoms with Crippen LogP contribution in [0.25, 0.3) is 0 Å². The molecule has 1 aliphatic rings. The van der Waals surface area contributed by atoms with Crippen LogP contribution in [0.2, 0.25) is 0 Å². The SMILES string of the molecule is COc1cccc(C(=O)Nc2ccc3c(c2)CCN3C)c1. The van der Waals surface area contributed by atoms with Crippen molar-refractivity contribution < 1.29 is 9.53 Å². The molecule has 0 unspecified atom stereocenters. The van der Waals surface area contributed by atoms with E-state index < -0.39 is 0 Å². The first kappa shape index (κ1) is 13.5. The maximum Gasteiger partial charge on any atom is 0.255 e. The second-order valence-electron chi connectivity index (χ2n) is 5.20. The number of benzene rings is 2. The minimum Gasteiger partial charge on any atom is -0.497 e. The molecular weight excluding hydrogens is 264 g/mol. The molecule has 0 saturated carbocycles. The van der Waals surface area contributed by atoms with Gasteiger partial charge in [0.1, 0.15) is 5.75 Å². The Morgan fingerprint density at radius 1 is 1.24 bits per heavy atom. The van der Waals surface area contributed by atoms with Crippen molar-refractivity contribution in [3.05, 3.63) is 53.6 Å². The molecule has 0 aromatic heterocycles. The van der Waals surface area contributed by atoms with Gasteiger partial charge in [0.05, 0.1) is 7.11 Å². The van der Waals surface area contributed by atoms with Crippen LogP contribution in [0.5, 0.6) is 5.75 Å². The van der Waals surface area contributed by atoms with Crippen molar-refractivity contribution in [2.75, 3.05) is 30.9 Å². The number of fused-ring (bicyclic) bond motifs is 1. The first-order chi connectivity index (χ1) is 10.2. The minimum atomic E-state index is -0.125. The number of carbonyl (C=O) groups is 1. The van der Waals surface area contributed by atoms with Crippen LogP contribution in [0, 0.1) is 0 Å². The number of nitrogens with zero attached hydrogens (tertiary/aromatic N) is 1. The monoisotopic (exact) mass is 282 g/mol. The van der Waals surface area contributed by atoms with Crippen LogP contribution in [-0.4, -0.2) is 26.6 Å². The van der Waals surface area contributed by atoms with E-state index in [2.05, 4.69) is 29.4 Å². The Hall–Kier alpha value is -2.49. The summed E-state index contributed by atoms with van der Waals surface area (Å²) >= 11 is 0. The van der Waals surface area contributed by atoms with Gasteiger partial charge in [0, 0.05) is 30.5 Å². The van der Waals surface area contributed by atoms with Crippen molar-refractivity contribution in [1.82, 2.24) is 0 Å². The summed E-state index contributed by atoms with van der Waals surface area (Å²) in [6, 6.07) is 13.2. The number of hydrogen-bond acceptors (Lipinski definition) is 3. The average Bonchev–Trinajstić information content (AvgIpc) is 2.88. The van der Waals surface area contributed by atoms with E-state index in [0.29, 0.717) is 11.3 Å². The van der Waals surface area contributed by atoms with Crippen molar-refractivity contribution in [3.8, 4) is 5.75 Å². The summed E-state index contributed by atoms with van der Waals surface area (Å²) in [5.74, 6) is 0.554. The molecule has 0 aliphatic carbocycles. The summed E-state index contributed by atoms with van der Waals surface area (Å²) in [5.41, 5.74) is 3.94. The summed E-state index contributed by atoms with van der Waals surface area (Å²) < 4.78 is 5.14. The quantitative estimate of drug-likeness (QED) is 0.941. The molecule has 3 rings (SSSR count). The van der Waals surface area contributed by atoms with Crippen molar-refractivity contribution in [2.45, 2.75) is 6.42 Å². The average molecular weight is 282 g/mol. The molecule has 0 bridgehead atoms. The summed E-state index contributed by atoms with van der Waals surface area (Å²) in [6.45, 7) is 1.03. The van der Waals surface area contributed by atoms with Gasteiger partial charge in [0.25, 0.3) is 5.91 Å². The van der Waals surface area contributed by atoms with Crippen molar-refractivity contribution >= 4 is 17.3 Å². The summed E-state index contributed by atoms with van der Waals surface area (Å²) in [7, 11) is 3.67. The molecule has 21 heavy (non-hydrogen) atoms. The van der Waals surface area contributed by atoms with Crippen LogP contribution in [0.1, 0.15) is 15.9 Å². The van der Waals surface area contributed by atoms with Crippen molar-refractivity contribution in [2.24, 2.45) is 0 Å². The van der Waals surface area contributed by atoms with Crippen LogP contribution in [0.3, 0.4) is 0 Å². The van der Waals surface area contributed by atoms with Crippen LogP contribution in [0.15, 0.2) is 42.5 Å². The maximum atomic E-state index is 12.3. The lowest BCUT2D eigenvalue weighted by molar-refractivity contribution is 0.102. The van der Waals surface area contributed by atoms with E-state index in [0.717, 1.165) is 18.7 Å².